The van der Waals surface area contributed by atoms with Crippen molar-refractivity contribution in [1.82, 2.24) is 0 Å². The summed E-state index contributed by atoms with van der Waals surface area (Å²) in [5.74, 6) is 4.47. The zero-order valence-electron chi connectivity index (χ0n) is 17.9. The van der Waals surface area contributed by atoms with E-state index in [0.29, 0.717) is 10.7 Å². The molecule has 0 bridgehead atoms. The molecule has 0 heterocycles. The van der Waals surface area contributed by atoms with E-state index in [2.05, 4.69) is 20.8 Å². The molecule has 7 atom stereocenters. The monoisotopic (exact) mass is 390 g/mol. The highest BCUT2D eigenvalue weighted by molar-refractivity contribution is 7.81. The van der Waals surface area contributed by atoms with Crippen LogP contribution in [0.25, 0.3) is 0 Å². The lowest BCUT2D eigenvalue weighted by Crippen LogP contribution is -2.46. The number of aliphatic hydroxyl groups excluding tert-OH is 1. The average Bonchev–Trinajstić information content (AvgIpc) is 2.96. The van der Waals surface area contributed by atoms with Gasteiger partial charge >= 0.3 is 0 Å². The molecule has 2 fully saturated rings. The highest BCUT2D eigenvalue weighted by Crippen LogP contribution is 2.64. The van der Waals surface area contributed by atoms with E-state index in [9.17, 15) is 5.11 Å². The number of unbranched alkanes of at least 4 members (excludes halogenated alkanes) is 1. The number of rotatable bonds is 5. The van der Waals surface area contributed by atoms with Crippen molar-refractivity contribution in [2.24, 2.45) is 35.0 Å². The Morgan fingerprint density at radius 3 is 2.70 bits per heavy atom. The molecular weight excluding hydrogens is 348 g/mol. The smallest absolute Gasteiger partial charge is 0.0580 e. The first kappa shape index (κ1) is 20.3. The van der Waals surface area contributed by atoms with E-state index in [1.54, 1.807) is 11.1 Å². The number of thiol groups is 1. The normalized spacial score (nSPS) is 44.2. The minimum Gasteiger partial charge on any atom is -0.393 e. The lowest BCUT2D eigenvalue weighted by Gasteiger charge is -2.53. The van der Waals surface area contributed by atoms with Crippen LogP contribution in [0.3, 0.4) is 0 Å². The number of hydrogen-bond donors (Lipinski definition) is 2. The molecule has 0 aromatic heterocycles. The minimum atomic E-state index is -0.106. The van der Waals surface area contributed by atoms with Gasteiger partial charge in [0.05, 0.1) is 6.10 Å². The topological polar surface area (TPSA) is 20.2 Å². The predicted octanol–water partition coefficient (Wildman–Crippen LogP) is 6.81. The molecule has 0 spiro atoms. The molecule has 0 radical (unpaired) electrons. The zero-order valence-corrected chi connectivity index (χ0v) is 18.8. The van der Waals surface area contributed by atoms with Crippen molar-refractivity contribution >= 4 is 12.6 Å². The lowest BCUT2D eigenvalue weighted by molar-refractivity contribution is 0.00888. The summed E-state index contributed by atoms with van der Waals surface area (Å²) < 4.78 is 0. The maximum atomic E-state index is 10.2. The zero-order chi connectivity index (χ0) is 19.2. The van der Waals surface area contributed by atoms with Gasteiger partial charge in [0.25, 0.3) is 0 Å². The number of fused-ring (bicyclic) bond motifs is 4. The summed E-state index contributed by atoms with van der Waals surface area (Å²) in [5.41, 5.74) is 3.89. The van der Waals surface area contributed by atoms with Gasteiger partial charge in [-0.05, 0) is 92.8 Å². The fourth-order valence-electron chi connectivity index (χ4n) is 7.72. The van der Waals surface area contributed by atoms with Crippen LogP contribution in [0.1, 0.15) is 97.8 Å². The molecule has 0 saturated heterocycles. The molecule has 2 heteroatoms. The Balaban J connectivity index is 1.46. The van der Waals surface area contributed by atoms with Gasteiger partial charge in [0.15, 0.2) is 0 Å². The summed E-state index contributed by atoms with van der Waals surface area (Å²) in [5, 5.41) is 10.6. The second-order valence-corrected chi connectivity index (χ2v) is 11.7. The van der Waals surface area contributed by atoms with Crippen LogP contribution in [-0.2, 0) is 0 Å². The quantitative estimate of drug-likeness (QED) is 0.300. The second kappa shape index (κ2) is 8.05. The van der Waals surface area contributed by atoms with Crippen LogP contribution in [0.2, 0.25) is 0 Å². The summed E-state index contributed by atoms with van der Waals surface area (Å²) >= 11 is 5.04. The van der Waals surface area contributed by atoms with Crippen LogP contribution in [-0.4, -0.2) is 16.5 Å². The molecule has 2 saturated carbocycles. The van der Waals surface area contributed by atoms with E-state index < -0.39 is 0 Å². The summed E-state index contributed by atoms with van der Waals surface area (Å²) in [4.78, 5) is 0. The average molecular weight is 391 g/mol. The van der Waals surface area contributed by atoms with Crippen molar-refractivity contribution < 1.29 is 5.11 Å². The summed E-state index contributed by atoms with van der Waals surface area (Å²) in [6.45, 7) is 7.38. The van der Waals surface area contributed by atoms with Gasteiger partial charge in [-0.1, -0.05) is 51.2 Å². The Labute approximate surface area is 173 Å². The maximum Gasteiger partial charge on any atom is 0.0580 e. The van der Waals surface area contributed by atoms with Crippen molar-refractivity contribution in [3.05, 3.63) is 11.1 Å². The van der Waals surface area contributed by atoms with Crippen molar-refractivity contribution in [3.63, 3.8) is 0 Å². The van der Waals surface area contributed by atoms with Crippen molar-refractivity contribution in [2.75, 3.05) is 0 Å². The summed E-state index contributed by atoms with van der Waals surface area (Å²) in [7, 11) is 0. The fourth-order valence-corrected chi connectivity index (χ4v) is 8.23. The van der Waals surface area contributed by atoms with Crippen LogP contribution in [0.15, 0.2) is 11.1 Å². The van der Waals surface area contributed by atoms with Crippen molar-refractivity contribution in [3.8, 4) is 0 Å². The van der Waals surface area contributed by atoms with Gasteiger partial charge in [-0.15, -0.1) is 0 Å². The molecular formula is C25H42OS. The number of aliphatic hydroxyl groups is 1. The third-order valence-electron chi connectivity index (χ3n) is 9.18. The Morgan fingerprint density at radius 1 is 1.11 bits per heavy atom. The van der Waals surface area contributed by atoms with E-state index in [0.717, 1.165) is 48.9 Å². The Kier molecular flexibility index (Phi) is 6.06. The molecule has 0 aromatic rings. The number of hydrogen-bond acceptors (Lipinski definition) is 2. The van der Waals surface area contributed by atoms with E-state index in [1.807, 2.05) is 0 Å². The number of allylic oxidation sites excluding steroid dienone is 1. The van der Waals surface area contributed by atoms with Gasteiger partial charge in [0.1, 0.15) is 0 Å². The van der Waals surface area contributed by atoms with Crippen LogP contribution in [0, 0.1) is 35.0 Å². The van der Waals surface area contributed by atoms with Crippen molar-refractivity contribution in [2.45, 2.75) is 109 Å². The van der Waals surface area contributed by atoms with Gasteiger partial charge < -0.3 is 5.11 Å². The van der Waals surface area contributed by atoms with Gasteiger partial charge in [-0.2, -0.15) is 12.6 Å². The molecule has 1 N–H and O–H groups in total. The van der Waals surface area contributed by atoms with E-state index in [-0.39, 0.29) is 6.10 Å². The SMILES string of the molecule is CC(C)CCCCC1CCC2C3CC(S)C4=C(CCC(O)C4)C3CCC12C. The highest BCUT2D eigenvalue weighted by Gasteiger charge is 2.55. The molecule has 4 rings (SSSR count). The highest BCUT2D eigenvalue weighted by atomic mass is 32.1. The maximum absolute atomic E-state index is 10.2. The lowest BCUT2D eigenvalue weighted by atomic mass is 9.52. The van der Waals surface area contributed by atoms with Gasteiger partial charge in [0.2, 0.25) is 0 Å². The first-order chi connectivity index (χ1) is 12.9. The van der Waals surface area contributed by atoms with Gasteiger partial charge in [0, 0.05) is 5.25 Å². The molecule has 27 heavy (non-hydrogen) atoms. The summed E-state index contributed by atoms with van der Waals surface area (Å²) in [6, 6.07) is 0. The Hall–Kier alpha value is 0.0500. The Morgan fingerprint density at radius 2 is 1.93 bits per heavy atom. The first-order valence-corrected chi connectivity index (χ1v) is 12.5. The van der Waals surface area contributed by atoms with E-state index in [1.165, 1.54) is 57.8 Å². The largest absolute Gasteiger partial charge is 0.393 e. The van der Waals surface area contributed by atoms with Gasteiger partial charge in [-0.3, -0.25) is 0 Å². The molecule has 0 aromatic carbocycles. The van der Waals surface area contributed by atoms with E-state index in [4.69, 9.17) is 12.6 Å². The first-order valence-electron chi connectivity index (χ1n) is 12.0. The fraction of sp³-hybridized carbons (Fsp3) is 0.920. The molecule has 4 aliphatic carbocycles. The molecule has 0 amide bonds. The second-order valence-electron chi connectivity index (χ2n) is 11.1. The minimum absolute atomic E-state index is 0.106. The van der Waals surface area contributed by atoms with Crippen LogP contribution >= 0.6 is 12.6 Å². The predicted molar refractivity (Wildman–Crippen MR) is 118 cm³/mol. The molecule has 7 unspecified atom stereocenters. The van der Waals surface area contributed by atoms with Crippen LogP contribution < -0.4 is 0 Å². The Bertz CT molecular complexity index is 567. The van der Waals surface area contributed by atoms with Crippen LogP contribution in [0.4, 0.5) is 0 Å². The molecule has 1 nitrogen and oxygen atoms in total. The summed E-state index contributed by atoms with van der Waals surface area (Å²) in [6.07, 6.45) is 15.8. The third kappa shape index (κ3) is 3.79. The molecule has 0 aliphatic heterocycles. The van der Waals surface area contributed by atoms with Crippen molar-refractivity contribution in [1.29, 1.82) is 0 Å². The molecule has 4 aliphatic rings. The third-order valence-corrected chi connectivity index (χ3v) is 9.70. The van der Waals surface area contributed by atoms with Crippen LogP contribution in [0.5, 0.6) is 0 Å². The molecule has 154 valence electrons. The standard InChI is InChI=1S/C25H42OS/c1-16(2)6-4-5-7-17-8-11-23-21-15-24(27)22-14-18(26)9-10-19(22)20(21)12-13-25(17,23)3/h16-18,20-21,23-24,26-27H,4-15H2,1-3H3. The van der Waals surface area contributed by atoms with E-state index >= 15 is 0 Å². The van der Waals surface area contributed by atoms with Gasteiger partial charge in [-0.25, -0.2) is 0 Å².